The Bertz CT molecular complexity index is 583. The van der Waals surface area contributed by atoms with E-state index in [0.717, 1.165) is 0 Å². The largest absolute Gasteiger partial charge is 0.299 e. The van der Waals surface area contributed by atoms with Crippen LogP contribution in [-0.2, 0) is 9.59 Å². The first-order chi connectivity index (χ1) is 8.56. The number of alkyl halides is 6. The second kappa shape index (κ2) is 2.59. The molecule has 2 bridgehead atoms. The summed E-state index contributed by atoms with van der Waals surface area (Å²) >= 11 is 39.4. The zero-order valence-corrected chi connectivity index (χ0v) is 13.4. The molecule has 5 saturated carbocycles. The third-order valence-electron chi connectivity index (χ3n) is 6.11. The quantitative estimate of drug-likeness (QED) is 0.605. The maximum absolute atomic E-state index is 12.5. The van der Waals surface area contributed by atoms with Gasteiger partial charge in [-0.05, 0) is 0 Å². The Morgan fingerprint density at radius 1 is 0.579 bits per heavy atom. The van der Waals surface area contributed by atoms with E-state index in [-0.39, 0.29) is 11.6 Å². The smallest absolute Gasteiger partial charge is 0.161 e. The van der Waals surface area contributed by atoms with Crippen LogP contribution in [0.4, 0.5) is 0 Å². The summed E-state index contributed by atoms with van der Waals surface area (Å²) in [5, 5.41) is 0. The van der Waals surface area contributed by atoms with E-state index < -0.39 is 47.5 Å². The Morgan fingerprint density at radius 3 is 1.16 bits per heavy atom. The molecule has 5 fully saturated rings. The summed E-state index contributed by atoms with van der Waals surface area (Å²) in [4.78, 5) is 19.3. The summed E-state index contributed by atoms with van der Waals surface area (Å²) in [6, 6.07) is 0. The van der Waals surface area contributed by atoms with Crippen LogP contribution in [0.15, 0.2) is 0 Å². The molecule has 19 heavy (non-hydrogen) atoms. The van der Waals surface area contributed by atoms with Crippen LogP contribution >= 0.6 is 69.6 Å². The number of fused-ring (bicyclic) bond motifs is 2. The summed E-state index contributed by atoms with van der Waals surface area (Å²) in [6.45, 7) is 0. The van der Waals surface area contributed by atoms with Crippen molar-refractivity contribution in [1.82, 2.24) is 0 Å². The zero-order valence-electron chi connectivity index (χ0n) is 8.89. The van der Waals surface area contributed by atoms with E-state index in [1.165, 1.54) is 0 Å². The van der Waals surface area contributed by atoms with Crippen LogP contribution in [-0.4, -0.2) is 35.4 Å². The molecule has 5 aliphatic carbocycles. The van der Waals surface area contributed by atoms with Gasteiger partial charge < -0.3 is 0 Å². The van der Waals surface area contributed by atoms with E-state index in [9.17, 15) is 9.59 Å². The van der Waals surface area contributed by atoms with Gasteiger partial charge in [-0.15, -0.1) is 46.4 Å². The maximum atomic E-state index is 12.5. The molecule has 102 valence electrons. The number of Topliss-reactive ketones (excluding diaryl/α,β-unsaturated/α-hetero) is 2. The lowest BCUT2D eigenvalue weighted by Crippen LogP contribution is -2.73. The van der Waals surface area contributed by atoms with Crippen molar-refractivity contribution in [3.8, 4) is 0 Å². The lowest BCUT2D eigenvalue weighted by molar-refractivity contribution is -0.143. The Kier molecular flexibility index (Phi) is 1.72. The predicted octanol–water partition coefficient (Wildman–Crippen LogP) is 2.74. The fraction of sp³-hybridized carbons (Fsp3) is 0.818. The molecule has 0 radical (unpaired) electrons. The molecular weight excluding hydrogens is 377 g/mol. The number of ketones is 2. The Labute approximate surface area is 138 Å². The minimum atomic E-state index is -1.72. The Hall–Kier alpha value is 1.08. The van der Waals surface area contributed by atoms with Crippen molar-refractivity contribution in [1.29, 1.82) is 0 Å². The molecule has 0 aliphatic heterocycles. The highest BCUT2D eigenvalue weighted by Crippen LogP contribution is 2.96. The van der Waals surface area contributed by atoms with Gasteiger partial charge in [0, 0.05) is 0 Å². The van der Waals surface area contributed by atoms with Gasteiger partial charge in [-0.3, -0.25) is 9.59 Å². The molecule has 2 nitrogen and oxygen atoms in total. The first kappa shape index (κ1) is 12.6. The van der Waals surface area contributed by atoms with Gasteiger partial charge in [0.25, 0.3) is 0 Å². The molecule has 0 aromatic heterocycles. The number of carbonyl (C=O) groups is 2. The number of hydrogen-bond donors (Lipinski definition) is 0. The monoisotopic (exact) mass is 378 g/mol. The number of hydrogen-bond acceptors (Lipinski definition) is 2. The number of carbonyl (C=O) groups excluding carboxylic acids is 2. The standard InChI is InChI=1S/C11H4Cl6O2/c12-7-1-2-6(19)4-3(5(1)18)9(7,14)11(16,17)10(4,15)8(2,7)13/h1-4H/t1-,2+,3+,4-,7-,8+,9-,10+. The number of rotatable bonds is 0. The molecular formula is C11H4Cl6O2. The minimum Gasteiger partial charge on any atom is -0.299 e. The summed E-state index contributed by atoms with van der Waals surface area (Å²) in [6.07, 6.45) is 0. The van der Waals surface area contributed by atoms with E-state index >= 15 is 0 Å². The molecule has 0 saturated heterocycles. The van der Waals surface area contributed by atoms with Crippen LogP contribution in [0, 0.1) is 23.7 Å². The zero-order chi connectivity index (χ0) is 14.0. The second-order valence-corrected chi connectivity index (χ2v) is 9.85. The van der Waals surface area contributed by atoms with Gasteiger partial charge in [-0.1, -0.05) is 23.2 Å². The fourth-order valence-electron chi connectivity index (χ4n) is 5.65. The molecule has 5 rings (SSSR count). The van der Waals surface area contributed by atoms with E-state index in [0.29, 0.717) is 0 Å². The summed E-state index contributed by atoms with van der Waals surface area (Å²) in [5.74, 6) is -3.41. The predicted molar refractivity (Wildman–Crippen MR) is 72.7 cm³/mol. The molecule has 0 N–H and O–H groups in total. The molecule has 0 aromatic rings. The summed E-state index contributed by atoms with van der Waals surface area (Å²) < 4.78 is -1.72. The Morgan fingerprint density at radius 2 is 0.842 bits per heavy atom. The SMILES string of the molecule is O=C1[C@@H]2[C@@H]3C(=O)[C@@H]4[C@H]1[C@@]1(Cl)[C@]4(Cl)[C@]3(Cl)C(Cl)(Cl)[C@@]21Cl. The molecule has 8 atom stereocenters. The van der Waals surface area contributed by atoms with Crippen LogP contribution in [0.1, 0.15) is 0 Å². The second-order valence-electron chi connectivity index (χ2n) is 6.14. The highest BCUT2D eigenvalue weighted by molar-refractivity contribution is 6.68. The van der Waals surface area contributed by atoms with Crippen LogP contribution in [0.3, 0.4) is 0 Å². The van der Waals surface area contributed by atoms with Crippen molar-refractivity contribution in [3.63, 3.8) is 0 Å². The van der Waals surface area contributed by atoms with Gasteiger partial charge in [0.2, 0.25) is 0 Å². The van der Waals surface area contributed by atoms with Crippen molar-refractivity contribution in [2.45, 2.75) is 23.8 Å². The van der Waals surface area contributed by atoms with Gasteiger partial charge in [0.15, 0.2) is 4.33 Å². The highest BCUT2D eigenvalue weighted by Gasteiger charge is 3.11. The molecule has 0 spiro atoms. The van der Waals surface area contributed by atoms with E-state index in [1.54, 1.807) is 0 Å². The van der Waals surface area contributed by atoms with Gasteiger partial charge in [0.1, 0.15) is 21.3 Å². The average molecular weight is 381 g/mol. The lowest BCUT2D eigenvalue weighted by Gasteiger charge is -2.58. The molecule has 0 unspecified atom stereocenters. The Balaban J connectivity index is 2.03. The van der Waals surface area contributed by atoms with Gasteiger partial charge in [-0.25, -0.2) is 0 Å². The van der Waals surface area contributed by atoms with E-state index in [1.807, 2.05) is 0 Å². The third kappa shape index (κ3) is 0.629. The molecule has 5 aliphatic rings. The third-order valence-corrected chi connectivity index (χ3v) is 11.3. The lowest BCUT2D eigenvalue weighted by atomic mass is 9.57. The van der Waals surface area contributed by atoms with Crippen molar-refractivity contribution in [2.24, 2.45) is 23.7 Å². The minimum absolute atomic E-state index is 0.165. The highest BCUT2D eigenvalue weighted by atomic mass is 35.5. The van der Waals surface area contributed by atoms with Crippen LogP contribution < -0.4 is 0 Å². The van der Waals surface area contributed by atoms with Crippen molar-refractivity contribution >= 4 is 81.2 Å². The van der Waals surface area contributed by atoms with Gasteiger partial charge in [0.05, 0.1) is 33.4 Å². The van der Waals surface area contributed by atoms with Crippen molar-refractivity contribution in [2.75, 3.05) is 0 Å². The van der Waals surface area contributed by atoms with E-state index in [4.69, 9.17) is 69.6 Å². The van der Waals surface area contributed by atoms with Gasteiger partial charge in [-0.2, -0.15) is 0 Å². The van der Waals surface area contributed by atoms with Crippen molar-refractivity contribution < 1.29 is 9.59 Å². The summed E-state index contributed by atoms with van der Waals surface area (Å²) in [5.41, 5.74) is 0. The fourth-order valence-corrected chi connectivity index (χ4v) is 9.87. The van der Waals surface area contributed by atoms with E-state index in [2.05, 4.69) is 0 Å². The maximum Gasteiger partial charge on any atom is 0.161 e. The molecule has 0 aromatic carbocycles. The molecule has 8 heteroatoms. The van der Waals surface area contributed by atoms with Crippen LogP contribution in [0.2, 0.25) is 0 Å². The first-order valence-electron chi connectivity index (χ1n) is 5.77. The summed E-state index contributed by atoms with van der Waals surface area (Å²) in [7, 11) is 0. The topological polar surface area (TPSA) is 34.1 Å². The van der Waals surface area contributed by atoms with Gasteiger partial charge >= 0.3 is 0 Å². The van der Waals surface area contributed by atoms with Crippen molar-refractivity contribution in [3.05, 3.63) is 0 Å². The first-order valence-corrected chi connectivity index (χ1v) is 8.04. The van der Waals surface area contributed by atoms with Crippen LogP contribution in [0.5, 0.6) is 0 Å². The average Bonchev–Trinajstić information content (AvgIpc) is 2.57. The normalized spacial score (nSPS) is 73.2. The molecule has 0 amide bonds. The molecule has 0 heterocycles. The number of halogens is 6. The van der Waals surface area contributed by atoms with Crippen LogP contribution in [0.25, 0.3) is 0 Å².